The van der Waals surface area contributed by atoms with E-state index < -0.39 is 6.10 Å². The molecule has 1 unspecified atom stereocenters. The molecule has 0 fully saturated rings. The molecule has 2 rings (SSSR count). The number of aliphatic hydroxyl groups excluding tert-OH is 1. The summed E-state index contributed by atoms with van der Waals surface area (Å²) >= 11 is 5.09. The predicted octanol–water partition coefficient (Wildman–Crippen LogP) is 3.60. The number of rotatable bonds is 7. The maximum absolute atomic E-state index is 9.92. The second-order valence-corrected chi connectivity index (χ2v) is 6.46. The molecule has 1 aromatic carbocycles. The fourth-order valence-corrected chi connectivity index (χ4v) is 2.76. The van der Waals surface area contributed by atoms with Crippen LogP contribution in [0, 0.1) is 0 Å². The Hall–Kier alpha value is -0.880. The molecule has 2 N–H and O–H groups in total. The number of benzene rings is 1. The molecule has 3 nitrogen and oxygen atoms in total. The van der Waals surface area contributed by atoms with Crippen molar-refractivity contribution < 1.29 is 9.84 Å². The van der Waals surface area contributed by atoms with Gasteiger partial charge in [0.05, 0.1) is 0 Å². The first-order valence-corrected chi connectivity index (χ1v) is 8.15. The fourth-order valence-electron chi connectivity index (χ4n) is 1.73. The second kappa shape index (κ2) is 7.78. The van der Waals surface area contributed by atoms with Crippen molar-refractivity contribution in [2.75, 3.05) is 13.2 Å². The molecule has 1 heterocycles. The van der Waals surface area contributed by atoms with Gasteiger partial charge in [-0.1, -0.05) is 22.0 Å². The summed E-state index contributed by atoms with van der Waals surface area (Å²) in [5.41, 5.74) is 0. The summed E-state index contributed by atoms with van der Waals surface area (Å²) in [5, 5.41) is 15.3. The van der Waals surface area contributed by atoms with Crippen molar-refractivity contribution in [1.82, 2.24) is 5.32 Å². The van der Waals surface area contributed by atoms with Crippen LogP contribution in [0.5, 0.6) is 5.75 Å². The van der Waals surface area contributed by atoms with Crippen LogP contribution in [0.15, 0.2) is 46.3 Å². The van der Waals surface area contributed by atoms with Crippen molar-refractivity contribution >= 4 is 27.3 Å². The zero-order valence-electron chi connectivity index (χ0n) is 11.3. The molecule has 5 heteroatoms. The number of halogens is 1. The summed E-state index contributed by atoms with van der Waals surface area (Å²) in [6.07, 6.45) is -0.527. The summed E-state index contributed by atoms with van der Waals surface area (Å²) in [7, 11) is 0. The van der Waals surface area contributed by atoms with Gasteiger partial charge >= 0.3 is 0 Å². The topological polar surface area (TPSA) is 41.5 Å². The number of ether oxygens (including phenoxy) is 1. The Morgan fingerprint density at radius 3 is 2.70 bits per heavy atom. The molecule has 2 atom stereocenters. The van der Waals surface area contributed by atoms with E-state index in [9.17, 15) is 5.11 Å². The van der Waals surface area contributed by atoms with Gasteiger partial charge in [-0.25, -0.2) is 0 Å². The largest absolute Gasteiger partial charge is 0.491 e. The Labute approximate surface area is 131 Å². The lowest BCUT2D eigenvalue weighted by Crippen LogP contribution is -2.32. The first-order chi connectivity index (χ1) is 9.65. The minimum atomic E-state index is -0.527. The van der Waals surface area contributed by atoms with Gasteiger partial charge < -0.3 is 15.2 Å². The molecule has 0 spiro atoms. The van der Waals surface area contributed by atoms with E-state index in [1.807, 2.05) is 30.3 Å². The highest BCUT2D eigenvalue weighted by atomic mass is 79.9. The van der Waals surface area contributed by atoms with Crippen LogP contribution in [0.1, 0.15) is 17.8 Å². The molecule has 0 aliphatic rings. The van der Waals surface area contributed by atoms with Crippen LogP contribution < -0.4 is 10.1 Å². The average molecular weight is 356 g/mol. The highest BCUT2D eigenvalue weighted by Gasteiger charge is 2.10. The molecule has 0 bridgehead atoms. The van der Waals surface area contributed by atoms with Crippen LogP contribution >= 0.6 is 27.3 Å². The number of nitrogens with one attached hydrogen (secondary N) is 1. The van der Waals surface area contributed by atoms with E-state index in [0.29, 0.717) is 6.54 Å². The van der Waals surface area contributed by atoms with Crippen molar-refractivity contribution in [2.24, 2.45) is 0 Å². The molecule has 20 heavy (non-hydrogen) atoms. The van der Waals surface area contributed by atoms with Crippen molar-refractivity contribution in [1.29, 1.82) is 0 Å². The Kier molecular flexibility index (Phi) is 6.04. The van der Waals surface area contributed by atoms with Gasteiger partial charge in [0, 0.05) is 21.9 Å². The monoisotopic (exact) mass is 355 g/mol. The zero-order chi connectivity index (χ0) is 14.4. The Balaban J connectivity index is 1.70. The highest BCUT2D eigenvalue weighted by molar-refractivity contribution is 9.10. The molecule has 0 aliphatic heterocycles. The Morgan fingerprint density at radius 1 is 1.30 bits per heavy atom. The third-order valence-electron chi connectivity index (χ3n) is 2.89. The van der Waals surface area contributed by atoms with Gasteiger partial charge in [-0.15, -0.1) is 11.3 Å². The maximum atomic E-state index is 9.92. The number of hydrogen-bond donors (Lipinski definition) is 2. The molecule has 108 valence electrons. The Bertz CT molecular complexity index is 501. The van der Waals surface area contributed by atoms with Crippen molar-refractivity contribution in [3.05, 3.63) is 51.1 Å². The van der Waals surface area contributed by atoms with Crippen LogP contribution in [0.4, 0.5) is 0 Å². The standard InChI is InChI=1S/C15H18BrNO2S/c1-11(15-3-2-8-20-15)17-9-13(18)10-19-14-6-4-12(16)5-7-14/h2-8,11,13,17-18H,9-10H2,1H3/t11-,13?/m1/s1. The van der Waals surface area contributed by atoms with Crippen LogP contribution in [0.3, 0.4) is 0 Å². The zero-order valence-corrected chi connectivity index (χ0v) is 13.7. The van der Waals surface area contributed by atoms with Crippen LogP contribution in [0.25, 0.3) is 0 Å². The molecular formula is C15H18BrNO2S. The maximum Gasteiger partial charge on any atom is 0.119 e. The number of aliphatic hydroxyl groups is 1. The molecule has 2 aromatic rings. The summed E-state index contributed by atoms with van der Waals surface area (Å²) in [4.78, 5) is 1.27. The second-order valence-electron chi connectivity index (χ2n) is 4.56. The van der Waals surface area contributed by atoms with Gasteiger partial charge in [0.15, 0.2) is 0 Å². The van der Waals surface area contributed by atoms with E-state index >= 15 is 0 Å². The fraction of sp³-hybridized carbons (Fsp3) is 0.333. The number of hydrogen-bond acceptors (Lipinski definition) is 4. The van der Waals surface area contributed by atoms with E-state index in [-0.39, 0.29) is 12.6 Å². The van der Waals surface area contributed by atoms with Crippen molar-refractivity contribution in [3.63, 3.8) is 0 Å². The highest BCUT2D eigenvalue weighted by Crippen LogP contribution is 2.18. The van der Waals surface area contributed by atoms with Crippen LogP contribution in [-0.2, 0) is 0 Å². The third kappa shape index (κ3) is 4.90. The molecule has 0 saturated heterocycles. The summed E-state index contributed by atoms with van der Waals surface area (Å²) in [6.45, 7) is 2.88. The minimum Gasteiger partial charge on any atom is -0.491 e. The molecule has 1 aromatic heterocycles. The van der Waals surface area contributed by atoms with E-state index in [1.54, 1.807) is 11.3 Å². The lowest BCUT2D eigenvalue weighted by atomic mass is 10.2. The summed E-state index contributed by atoms with van der Waals surface area (Å²) < 4.78 is 6.55. The van der Waals surface area contributed by atoms with Crippen LogP contribution in [-0.4, -0.2) is 24.4 Å². The van der Waals surface area contributed by atoms with Gasteiger partial charge in [-0.05, 0) is 42.6 Å². The van der Waals surface area contributed by atoms with Gasteiger partial charge in [0.25, 0.3) is 0 Å². The first kappa shape index (κ1) is 15.5. The van der Waals surface area contributed by atoms with Crippen LogP contribution in [0.2, 0.25) is 0 Å². The first-order valence-electron chi connectivity index (χ1n) is 6.48. The normalized spacial score (nSPS) is 13.9. The van der Waals surface area contributed by atoms with Gasteiger partial charge in [-0.3, -0.25) is 0 Å². The van der Waals surface area contributed by atoms with Crippen molar-refractivity contribution in [3.8, 4) is 5.75 Å². The minimum absolute atomic E-state index is 0.248. The van der Waals surface area contributed by atoms with Gasteiger partial charge in [0.2, 0.25) is 0 Å². The van der Waals surface area contributed by atoms with E-state index in [2.05, 4.69) is 39.6 Å². The lowest BCUT2D eigenvalue weighted by molar-refractivity contribution is 0.104. The van der Waals surface area contributed by atoms with Gasteiger partial charge in [-0.2, -0.15) is 0 Å². The van der Waals surface area contributed by atoms with Gasteiger partial charge in [0.1, 0.15) is 18.5 Å². The smallest absolute Gasteiger partial charge is 0.119 e. The van der Waals surface area contributed by atoms with E-state index in [0.717, 1.165) is 10.2 Å². The van der Waals surface area contributed by atoms with E-state index in [1.165, 1.54) is 4.88 Å². The quantitative estimate of drug-likeness (QED) is 0.797. The lowest BCUT2D eigenvalue weighted by Gasteiger charge is -2.16. The predicted molar refractivity (Wildman–Crippen MR) is 86.4 cm³/mol. The molecule has 0 saturated carbocycles. The van der Waals surface area contributed by atoms with Crippen molar-refractivity contribution in [2.45, 2.75) is 19.1 Å². The summed E-state index contributed by atoms with van der Waals surface area (Å²) in [6, 6.07) is 11.9. The average Bonchev–Trinajstić information content (AvgIpc) is 2.98. The third-order valence-corrected chi connectivity index (χ3v) is 4.47. The summed E-state index contributed by atoms with van der Waals surface area (Å²) in [5.74, 6) is 0.763. The SMILES string of the molecule is C[C@@H](NCC(O)COc1ccc(Br)cc1)c1cccs1. The van der Waals surface area contributed by atoms with E-state index in [4.69, 9.17) is 4.74 Å². The molecule has 0 amide bonds. The molecular weight excluding hydrogens is 338 g/mol. The Morgan fingerprint density at radius 2 is 2.05 bits per heavy atom. The number of thiophene rings is 1. The molecule has 0 aliphatic carbocycles. The molecule has 0 radical (unpaired) electrons.